The van der Waals surface area contributed by atoms with Crippen LogP contribution in [0.4, 0.5) is 0 Å². The second-order valence-electron chi connectivity index (χ2n) is 2.39. The molecule has 0 unspecified atom stereocenters. The predicted octanol–water partition coefficient (Wildman–Crippen LogP) is 2.37. The zero-order chi connectivity index (χ0) is 9.14. The van der Waals surface area contributed by atoms with Crippen molar-refractivity contribution in [1.82, 2.24) is 0 Å². The summed E-state index contributed by atoms with van der Waals surface area (Å²) in [5, 5.41) is 18.5. The Balaban J connectivity index is 3.12. The van der Waals surface area contributed by atoms with Crippen LogP contribution >= 0.6 is 15.9 Å². The molecule has 12 heavy (non-hydrogen) atoms. The molecule has 0 aromatic heterocycles. The second-order valence-corrected chi connectivity index (χ2v) is 3.24. The lowest BCUT2D eigenvalue weighted by Gasteiger charge is -2.07. The quantitative estimate of drug-likeness (QED) is 0.764. The summed E-state index contributed by atoms with van der Waals surface area (Å²) in [6, 6.07) is 4.72. The highest BCUT2D eigenvalue weighted by atomic mass is 79.9. The summed E-state index contributed by atoms with van der Waals surface area (Å²) in [4.78, 5) is 0. The van der Waals surface area contributed by atoms with Crippen LogP contribution in [0.15, 0.2) is 35.3 Å². The van der Waals surface area contributed by atoms with Crippen LogP contribution in [0.2, 0.25) is 0 Å². The minimum absolute atomic E-state index is 0.133. The smallest absolute Gasteiger partial charge is 0.116 e. The molecule has 0 amide bonds. The number of phenols is 1. The van der Waals surface area contributed by atoms with E-state index in [1.165, 1.54) is 12.1 Å². The van der Waals surface area contributed by atoms with Crippen LogP contribution in [0.25, 0.3) is 0 Å². The summed E-state index contributed by atoms with van der Waals surface area (Å²) in [6.07, 6.45) is 0.658. The van der Waals surface area contributed by atoms with Crippen molar-refractivity contribution < 1.29 is 10.2 Å². The van der Waals surface area contributed by atoms with E-state index in [2.05, 4.69) is 22.5 Å². The maximum Gasteiger partial charge on any atom is 0.116 e. The Morgan fingerprint density at radius 3 is 2.75 bits per heavy atom. The van der Waals surface area contributed by atoms with Gasteiger partial charge >= 0.3 is 0 Å². The van der Waals surface area contributed by atoms with Crippen LogP contribution in [0.5, 0.6) is 5.75 Å². The summed E-state index contributed by atoms with van der Waals surface area (Å²) in [5.74, 6) is 0.133. The molecule has 0 aliphatic heterocycles. The van der Waals surface area contributed by atoms with Crippen LogP contribution in [0.3, 0.4) is 0 Å². The fraction of sp³-hybridized carbons (Fsp3) is 0.111. The third-order valence-corrected chi connectivity index (χ3v) is 2.24. The number of benzene rings is 1. The molecule has 0 radical (unpaired) electrons. The number of aromatic hydroxyl groups is 1. The van der Waals surface area contributed by atoms with E-state index in [1.807, 2.05) is 0 Å². The van der Waals surface area contributed by atoms with Gasteiger partial charge in [-0.2, -0.15) is 0 Å². The Hall–Kier alpha value is -0.800. The van der Waals surface area contributed by atoms with Gasteiger partial charge in [-0.25, -0.2) is 0 Å². The van der Waals surface area contributed by atoms with Gasteiger partial charge in [0.25, 0.3) is 0 Å². The molecule has 0 bridgehead atoms. The molecular formula is C9H9BrO2. The summed E-state index contributed by atoms with van der Waals surface area (Å²) in [7, 11) is 0. The van der Waals surface area contributed by atoms with Crippen molar-refractivity contribution in [3.05, 3.63) is 40.9 Å². The molecule has 0 heterocycles. The van der Waals surface area contributed by atoms with Crippen LogP contribution in [-0.4, -0.2) is 10.2 Å². The van der Waals surface area contributed by atoms with Gasteiger partial charge in [-0.3, -0.25) is 0 Å². The third-order valence-electron chi connectivity index (χ3n) is 1.52. The van der Waals surface area contributed by atoms with Gasteiger partial charge in [0.2, 0.25) is 0 Å². The third kappa shape index (κ3) is 1.87. The van der Waals surface area contributed by atoms with E-state index in [4.69, 9.17) is 5.11 Å². The Morgan fingerprint density at radius 1 is 1.50 bits per heavy atom. The minimum atomic E-state index is -0.744. The van der Waals surface area contributed by atoms with E-state index in [9.17, 15) is 5.11 Å². The Morgan fingerprint density at radius 2 is 2.17 bits per heavy atom. The summed E-state index contributed by atoms with van der Waals surface area (Å²) in [6.45, 7) is 3.46. The number of halogens is 1. The van der Waals surface area contributed by atoms with E-state index in [1.54, 1.807) is 12.1 Å². The van der Waals surface area contributed by atoms with Crippen molar-refractivity contribution in [3.63, 3.8) is 0 Å². The van der Waals surface area contributed by atoms with Crippen molar-refractivity contribution >= 4 is 15.9 Å². The normalized spacial score (nSPS) is 12.5. The van der Waals surface area contributed by atoms with Crippen LogP contribution < -0.4 is 0 Å². The van der Waals surface area contributed by atoms with E-state index < -0.39 is 6.10 Å². The highest BCUT2D eigenvalue weighted by molar-refractivity contribution is 9.10. The van der Waals surface area contributed by atoms with Crippen molar-refractivity contribution in [1.29, 1.82) is 0 Å². The van der Waals surface area contributed by atoms with Crippen LogP contribution in [0.1, 0.15) is 11.7 Å². The number of hydrogen-bond donors (Lipinski definition) is 2. The second kappa shape index (κ2) is 3.74. The van der Waals surface area contributed by atoms with Gasteiger partial charge in [-0.05, 0) is 18.2 Å². The molecule has 0 saturated heterocycles. The molecule has 3 heteroatoms. The fourth-order valence-corrected chi connectivity index (χ4v) is 1.37. The predicted molar refractivity (Wildman–Crippen MR) is 51.0 cm³/mol. The topological polar surface area (TPSA) is 40.5 Å². The number of rotatable bonds is 2. The number of phenolic OH excluding ortho intramolecular Hbond substituents is 1. The lowest BCUT2D eigenvalue weighted by atomic mass is 10.1. The molecule has 0 aliphatic carbocycles. The first-order valence-corrected chi connectivity index (χ1v) is 4.23. The Labute approximate surface area is 79.3 Å². The molecular weight excluding hydrogens is 220 g/mol. The molecule has 64 valence electrons. The molecule has 1 aromatic carbocycles. The van der Waals surface area contributed by atoms with Crippen LogP contribution in [0, 0.1) is 0 Å². The number of aliphatic hydroxyl groups is 1. The van der Waals surface area contributed by atoms with Crippen molar-refractivity contribution in [2.24, 2.45) is 0 Å². The van der Waals surface area contributed by atoms with E-state index in [0.717, 1.165) is 4.47 Å². The van der Waals surface area contributed by atoms with Gasteiger partial charge in [-0.15, -0.1) is 6.58 Å². The van der Waals surface area contributed by atoms with Gasteiger partial charge in [-0.1, -0.05) is 22.0 Å². The molecule has 0 fully saturated rings. The highest BCUT2D eigenvalue weighted by Gasteiger charge is 2.07. The lowest BCUT2D eigenvalue weighted by Crippen LogP contribution is -1.93. The van der Waals surface area contributed by atoms with Crippen molar-refractivity contribution in [2.45, 2.75) is 6.10 Å². The molecule has 1 atom stereocenters. The van der Waals surface area contributed by atoms with Gasteiger partial charge in [0.15, 0.2) is 0 Å². The van der Waals surface area contributed by atoms with Crippen molar-refractivity contribution in [3.8, 4) is 5.75 Å². The van der Waals surface area contributed by atoms with Gasteiger partial charge in [0, 0.05) is 10.0 Å². The van der Waals surface area contributed by atoms with Crippen LogP contribution in [-0.2, 0) is 0 Å². The molecule has 0 aliphatic rings. The molecule has 1 rings (SSSR count). The fourth-order valence-electron chi connectivity index (χ4n) is 0.885. The molecule has 2 N–H and O–H groups in total. The van der Waals surface area contributed by atoms with Crippen molar-refractivity contribution in [2.75, 3.05) is 0 Å². The zero-order valence-corrected chi connectivity index (χ0v) is 7.95. The maximum absolute atomic E-state index is 9.38. The Bertz CT molecular complexity index is 297. The Kier molecular flexibility index (Phi) is 2.89. The summed E-state index contributed by atoms with van der Waals surface area (Å²) in [5.41, 5.74) is 0.616. The van der Waals surface area contributed by atoms with E-state index >= 15 is 0 Å². The highest BCUT2D eigenvalue weighted by Crippen LogP contribution is 2.27. The number of aliphatic hydroxyl groups excluding tert-OH is 1. The first-order chi connectivity index (χ1) is 5.65. The average molecular weight is 229 g/mol. The molecule has 1 aromatic rings. The van der Waals surface area contributed by atoms with E-state index in [-0.39, 0.29) is 5.75 Å². The summed E-state index contributed by atoms with van der Waals surface area (Å²) < 4.78 is 0.757. The van der Waals surface area contributed by atoms with Gasteiger partial charge < -0.3 is 10.2 Å². The molecule has 0 saturated carbocycles. The molecule has 0 spiro atoms. The first kappa shape index (κ1) is 9.29. The zero-order valence-electron chi connectivity index (χ0n) is 6.37. The molecule has 2 nitrogen and oxygen atoms in total. The summed E-state index contributed by atoms with van der Waals surface area (Å²) >= 11 is 3.25. The average Bonchev–Trinajstić information content (AvgIpc) is 2.08. The van der Waals surface area contributed by atoms with Gasteiger partial charge in [0.1, 0.15) is 5.75 Å². The lowest BCUT2D eigenvalue weighted by molar-refractivity contribution is 0.228. The van der Waals surface area contributed by atoms with Gasteiger partial charge in [0.05, 0.1) is 6.10 Å². The minimum Gasteiger partial charge on any atom is -0.508 e. The first-order valence-electron chi connectivity index (χ1n) is 3.44. The standard InChI is InChI=1S/C9H9BrO2/c1-2-9(12)7-5-6(11)3-4-8(7)10/h2-5,9,11-12H,1H2/t9-/m0/s1. The largest absolute Gasteiger partial charge is 0.508 e. The van der Waals surface area contributed by atoms with E-state index in [0.29, 0.717) is 5.56 Å². The number of hydrogen-bond acceptors (Lipinski definition) is 2. The maximum atomic E-state index is 9.38. The monoisotopic (exact) mass is 228 g/mol. The SMILES string of the molecule is C=C[C@H](O)c1cc(O)ccc1Br.